The molecule has 0 saturated carbocycles. The Morgan fingerprint density at radius 2 is 1.78 bits per heavy atom. The van der Waals surface area contributed by atoms with E-state index in [1.807, 2.05) is 0 Å². The molecule has 0 spiro atoms. The Morgan fingerprint density at radius 1 is 1.22 bits per heavy atom. The first-order valence-corrected chi connectivity index (χ1v) is 5.27. The van der Waals surface area contributed by atoms with Gasteiger partial charge in [0.2, 0.25) is 0 Å². The van der Waals surface area contributed by atoms with Gasteiger partial charge in [0.15, 0.2) is 0 Å². The number of methoxy groups -OCH3 is 1. The van der Waals surface area contributed by atoms with Crippen LogP contribution in [-0.4, -0.2) is 56.7 Å². The average Bonchev–Trinajstić information content (AvgIpc) is 2.32. The van der Waals surface area contributed by atoms with Crippen molar-refractivity contribution in [1.29, 1.82) is 0 Å². The van der Waals surface area contributed by atoms with Gasteiger partial charge in [0.25, 0.3) is 0 Å². The fraction of sp³-hybridized carbons (Fsp3) is 0.545. The number of nitrogens with one attached hydrogen (secondary N) is 1. The minimum atomic E-state index is -0.675. The molecule has 7 nitrogen and oxygen atoms in total. The number of amides is 2. The van der Waals surface area contributed by atoms with Crippen LogP contribution < -0.4 is 5.32 Å². The molecular formula is C11H18N2O5. The third-order valence-corrected chi connectivity index (χ3v) is 1.81. The van der Waals surface area contributed by atoms with Crippen molar-refractivity contribution < 1.29 is 23.9 Å². The molecule has 0 aliphatic carbocycles. The number of hydrogen-bond acceptors (Lipinski definition) is 5. The summed E-state index contributed by atoms with van der Waals surface area (Å²) < 4.78 is 9.12. The topological polar surface area (TPSA) is 84.9 Å². The van der Waals surface area contributed by atoms with E-state index in [1.165, 1.54) is 12.0 Å². The van der Waals surface area contributed by atoms with E-state index in [1.54, 1.807) is 21.0 Å². The lowest BCUT2D eigenvalue weighted by atomic mass is 10.4. The van der Waals surface area contributed by atoms with Crippen molar-refractivity contribution in [2.24, 2.45) is 0 Å². The van der Waals surface area contributed by atoms with E-state index in [-0.39, 0.29) is 18.7 Å². The van der Waals surface area contributed by atoms with Gasteiger partial charge in [-0.15, -0.1) is 0 Å². The van der Waals surface area contributed by atoms with E-state index in [9.17, 15) is 14.4 Å². The van der Waals surface area contributed by atoms with Crippen LogP contribution in [0.1, 0.15) is 6.92 Å². The van der Waals surface area contributed by atoms with E-state index < -0.39 is 11.9 Å². The van der Waals surface area contributed by atoms with Gasteiger partial charge in [-0.3, -0.25) is 0 Å². The van der Waals surface area contributed by atoms with Crippen molar-refractivity contribution in [2.45, 2.75) is 13.0 Å². The maximum Gasteiger partial charge on any atom is 0.331 e. The highest BCUT2D eigenvalue weighted by Crippen LogP contribution is 1.90. The number of carbonyl (C=O) groups is 3. The van der Waals surface area contributed by atoms with Crippen molar-refractivity contribution >= 4 is 18.0 Å². The number of ether oxygens (including phenoxy) is 2. The van der Waals surface area contributed by atoms with E-state index in [0.29, 0.717) is 0 Å². The molecule has 7 heteroatoms. The van der Waals surface area contributed by atoms with Crippen molar-refractivity contribution in [3.05, 3.63) is 12.2 Å². The van der Waals surface area contributed by atoms with Crippen LogP contribution in [0.15, 0.2) is 12.2 Å². The maximum absolute atomic E-state index is 11.3. The number of rotatable bonds is 5. The molecule has 0 radical (unpaired) electrons. The van der Waals surface area contributed by atoms with Gasteiger partial charge in [0.05, 0.1) is 13.2 Å². The first kappa shape index (κ1) is 16.0. The second-order valence-corrected chi connectivity index (χ2v) is 3.73. The predicted molar refractivity (Wildman–Crippen MR) is 63.8 cm³/mol. The van der Waals surface area contributed by atoms with Crippen LogP contribution in [0.5, 0.6) is 0 Å². The zero-order chi connectivity index (χ0) is 14.1. The van der Waals surface area contributed by atoms with Crippen LogP contribution >= 0.6 is 0 Å². The zero-order valence-electron chi connectivity index (χ0n) is 10.9. The lowest BCUT2D eigenvalue weighted by Gasteiger charge is -2.17. The van der Waals surface area contributed by atoms with E-state index in [4.69, 9.17) is 4.74 Å². The fourth-order valence-electron chi connectivity index (χ4n) is 0.841. The molecule has 0 rings (SSSR count). The fourth-order valence-corrected chi connectivity index (χ4v) is 0.841. The third-order valence-electron chi connectivity index (χ3n) is 1.81. The Morgan fingerprint density at radius 3 is 2.28 bits per heavy atom. The molecule has 0 aliphatic heterocycles. The zero-order valence-corrected chi connectivity index (χ0v) is 10.9. The number of esters is 2. The lowest BCUT2D eigenvalue weighted by Crippen LogP contribution is -2.42. The van der Waals surface area contributed by atoms with Gasteiger partial charge in [0.1, 0.15) is 6.61 Å². The number of urea groups is 1. The quantitative estimate of drug-likeness (QED) is 0.550. The molecule has 1 N–H and O–H groups in total. The highest BCUT2D eigenvalue weighted by Gasteiger charge is 2.10. The molecule has 1 atom stereocenters. The molecule has 0 heterocycles. The van der Waals surface area contributed by atoms with Crippen LogP contribution in [0.25, 0.3) is 0 Å². The summed E-state index contributed by atoms with van der Waals surface area (Å²) in [5, 5.41) is 2.60. The van der Waals surface area contributed by atoms with Crippen LogP contribution in [0.3, 0.4) is 0 Å². The summed E-state index contributed by atoms with van der Waals surface area (Å²) in [6, 6.07) is -0.598. The summed E-state index contributed by atoms with van der Waals surface area (Å²) in [6.45, 7) is 1.71. The van der Waals surface area contributed by atoms with Gasteiger partial charge in [-0.1, -0.05) is 0 Å². The Hall–Kier alpha value is -2.05. The van der Waals surface area contributed by atoms with Crippen LogP contribution in [0.4, 0.5) is 4.79 Å². The second kappa shape index (κ2) is 8.10. The first-order chi connectivity index (χ1) is 8.36. The second-order valence-electron chi connectivity index (χ2n) is 3.73. The maximum atomic E-state index is 11.3. The van der Waals surface area contributed by atoms with Crippen molar-refractivity contribution in [2.75, 3.05) is 27.8 Å². The highest BCUT2D eigenvalue weighted by atomic mass is 16.5. The summed E-state index contributed by atoms with van der Waals surface area (Å²) in [5.41, 5.74) is 0. The van der Waals surface area contributed by atoms with E-state index >= 15 is 0 Å². The largest absolute Gasteiger partial charge is 0.466 e. The van der Waals surface area contributed by atoms with Gasteiger partial charge >= 0.3 is 18.0 Å². The normalized spacial score (nSPS) is 11.8. The van der Waals surface area contributed by atoms with Gasteiger partial charge < -0.3 is 19.7 Å². The molecule has 0 bridgehead atoms. The van der Waals surface area contributed by atoms with Crippen LogP contribution in [0, 0.1) is 0 Å². The summed E-state index contributed by atoms with van der Waals surface area (Å²) in [5.74, 6) is -1.31. The molecular weight excluding hydrogens is 240 g/mol. The Bertz CT molecular complexity index is 338. The van der Waals surface area contributed by atoms with Crippen LogP contribution in [0.2, 0.25) is 0 Å². The van der Waals surface area contributed by atoms with Crippen molar-refractivity contribution in [3.8, 4) is 0 Å². The van der Waals surface area contributed by atoms with Gasteiger partial charge in [0, 0.05) is 26.2 Å². The minimum Gasteiger partial charge on any atom is -0.466 e. The predicted octanol–water partition coefficient (Wildman–Crippen LogP) is -0.0815. The van der Waals surface area contributed by atoms with Gasteiger partial charge in [-0.25, -0.2) is 14.4 Å². The molecule has 102 valence electrons. The first-order valence-electron chi connectivity index (χ1n) is 5.27. The smallest absolute Gasteiger partial charge is 0.331 e. The Kier molecular flexibility index (Phi) is 7.18. The minimum absolute atomic E-state index is 0.0178. The van der Waals surface area contributed by atoms with Crippen LogP contribution in [-0.2, 0) is 19.1 Å². The number of carbonyl (C=O) groups excluding carboxylic acids is 3. The highest BCUT2D eigenvalue weighted by molar-refractivity contribution is 5.91. The molecule has 0 saturated heterocycles. The lowest BCUT2D eigenvalue weighted by molar-refractivity contribution is -0.139. The molecule has 2 amide bonds. The summed E-state index contributed by atoms with van der Waals surface area (Å²) in [4.78, 5) is 34.5. The molecule has 0 fully saturated rings. The van der Waals surface area contributed by atoms with Gasteiger partial charge in [-0.05, 0) is 6.92 Å². The number of hydrogen-bond donors (Lipinski definition) is 1. The molecule has 0 aromatic heterocycles. The number of nitrogens with zero attached hydrogens (tertiary/aromatic N) is 1. The van der Waals surface area contributed by atoms with Gasteiger partial charge in [-0.2, -0.15) is 0 Å². The Balaban J connectivity index is 3.95. The van der Waals surface area contributed by atoms with E-state index in [0.717, 1.165) is 12.2 Å². The molecule has 0 aromatic carbocycles. The molecule has 18 heavy (non-hydrogen) atoms. The summed E-state index contributed by atoms with van der Waals surface area (Å²) in [6.07, 6.45) is 1.93. The summed E-state index contributed by atoms with van der Waals surface area (Å²) >= 11 is 0. The molecule has 0 aliphatic rings. The van der Waals surface area contributed by atoms with Crippen molar-refractivity contribution in [3.63, 3.8) is 0 Å². The monoisotopic (exact) mass is 258 g/mol. The molecule has 1 unspecified atom stereocenters. The SMILES string of the molecule is COC(=O)/C=C/C(=O)OCC(C)NC(=O)N(C)C. The Labute approximate surface area is 106 Å². The standard InChI is InChI=1S/C11H18N2O5/c1-8(12-11(16)13(2)3)7-18-10(15)6-5-9(14)17-4/h5-6,8H,7H2,1-4H3,(H,12,16)/b6-5+. The third kappa shape index (κ3) is 7.26. The summed E-state index contributed by atoms with van der Waals surface area (Å²) in [7, 11) is 4.41. The van der Waals surface area contributed by atoms with E-state index in [2.05, 4.69) is 10.1 Å². The molecule has 0 aromatic rings. The average molecular weight is 258 g/mol. The van der Waals surface area contributed by atoms with Crippen molar-refractivity contribution in [1.82, 2.24) is 10.2 Å².